The Balaban J connectivity index is 1.20. The van der Waals surface area contributed by atoms with E-state index >= 15 is 0 Å². The molecular weight excluding hydrogens is 631 g/mol. The van der Waals surface area contributed by atoms with Gasteiger partial charge in [-0.2, -0.15) is 16.4 Å². The third-order valence-corrected chi connectivity index (χ3v) is 11.3. The molecule has 9 heteroatoms. The van der Waals surface area contributed by atoms with Gasteiger partial charge in [-0.05, 0) is 46.7 Å². The van der Waals surface area contributed by atoms with E-state index < -0.39 is 10.2 Å². The molecule has 232 valence electrons. The Morgan fingerprint density at radius 3 is 1.98 bits per heavy atom. The van der Waals surface area contributed by atoms with E-state index in [9.17, 15) is 8.42 Å². The van der Waals surface area contributed by atoms with Crippen LogP contribution in [-0.2, 0) is 10.2 Å². The van der Waals surface area contributed by atoms with Crippen molar-refractivity contribution < 1.29 is 12.8 Å². The Morgan fingerprint density at radius 2 is 1.16 bits per heavy atom. The maximum absolute atomic E-state index is 14.8. The number of para-hydroxylation sites is 4. The van der Waals surface area contributed by atoms with Gasteiger partial charge in [0, 0.05) is 27.1 Å². The van der Waals surface area contributed by atoms with Crippen LogP contribution in [0.3, 0.4) is 0 Å². The number of benzene rings is 7. The number of rotatable bonds is 2. The van der Waals surface area contributed by atoms with Gasteiger partial charge >= 0.3 is 10.2 Å². The lowest BCUT2D eigenvalue weighted by Crippen LogP contribution is -2.33. The summed E-state index contributed by atoms with van der Waals surface area (Å²) in [4.78, 5) is 11.9. The molecule has 8 nitrogen and oxygen atoms in total. The maximum Gasteiger partial charge on any atom is 0.340 e. The van der Waals surface area contributed by atoms with Gasteiger partial charge in [0.1, 0.15) is 16.7 Å². The van der Waals surface area contributed by atoms with Crippen LogP contribution in [0.25, 0.3) is 76.7 Å². The van der Waals surface area contributed by atoms with Crippen LogP contribution in [0.4, 0.5) is 17.6 Å². The zero-order valence-electron chi connectivity index (χ0n) is 25.6. The molecule has 49 heavy (non-hydrogen) atoms. The molecule has 0 saturated heterocycles. The molecule has 11 rings (SSSR count). The molecule has 0 aliphatic carbocycles. The smallest absolute Gasteiger partial charge is 0.340 e. The maximum atomic E-state index is 14.8. The average molecular weight is 654 g/mol. The van der Waals surface area contributed by atoms with Crippen molar-refractivity contribution >= 4 is 93.3 Å². The highest BCUT2D eigenvalue weighted by atomic mass is 32.2. The monoisotopic (exact) mass is 653 g/mol. The molecule has 1 aliphatic rings. The largest absolute Gasteiger partial charge is 0.455 e. The van der Waals surface area contributed by atoms with Crippen LogP contribution in [0, 0.1) is 0 Å². The summed E-state index contributed by atoms with van der Waals surface area (Å²) in [5.41, 5.74) is 6.54. The van der Waals surface area contributed by atoms with Crippen molar-refractivity contribution in [2.75, 3.05) is 4.90 Å². The normalized spacial score (nSPS) is 14.0. The Morgan fingerprint density at radius 1 is 0.531 bits per heavy atom. The minimum atomic E-state index is -4.20. The quantitative estimate of drug-likeness (QED) is 0.173. The number of fused-ring (bicyclic) bond motifs is 14. The molecule has 0 radical (unpaired) electrons. The Bertz CT molecular complexity index is 3140. The van der Waals surface area contributed by atoms with Gasteiger partial charge in [0.15, 0.2) is 0 Å². The number of nitrogens with zero attached hydrogens (tertiary/aromatic N) is 5. The molecule has 1 aliphatic heterocycles. The summed E-state index contributed by atoms with van der Waals surface area (Å²) in [6, 6.07) is 45.5. The molecule has 0 N–H and O–H groups in total. The van der Waals surface area contributed by atoms with E-state index in [0.717, 1.165) is 60.3 Å². The molecule has 10 aromatic rings. The van der Waals surface area contributed by atoms with Crippen molar-refractivity contribution in [3.05, 3.63) is 140 Å². The summed E-state index contributed by atoms with van der Waals surface area (Å²) >= 11 is 0. The van der Waals surface area contributed by atoms with Crippen LogP contribution in [-0.4, -0.2) is 26.3 Å². The predicted molar refractivity (Wildman–Crippen MR) is 195 cm³/mol. The molecule has 0 atom stereocenters. The summed E-state index contributed by atoms with van der Waals surface area (Å²) < 4.78 is 38.8. The second kappa shape index (κ2) is 9.33. The molecule has 0 fully saturated rings. The number of aromatic nitrogens is 4. The summed E-state index contributed by atoms with van der Waals surface area (Å²) in [5, 5.41) is 5.78. The molecule has 0 unspecified atom stereocenters. The Labute approximate surface area is 278 Å². The van der Waals surface area contributed by atoms with Gasteiger partial charge in [0.25, 0.3) is 0 Å². The van der Waals surface area contributed by atoms with Crippen LogP contribution in [0.5, 0.6) is 0 Å². The van der Waals surface area contributed by atoms with Crippen LogP contribution in [0.15, 0.2) is 144 Å². The zero-order valence-corrected chi connectivity index (χ0v) is 26.5. The van der Waals surface area contributed by atoms with Gasteiger partial charge in [0.2, 0.25) is 11.9 Å². The van der Waals surface area contributed by atoms with E-state index in [1.165, 1.54) is 7.94 Å². The lowest BCUT2D eigenvalue weighted by Gasteiger charge is -2.29. The first kappa shape index (κ1) is 26.6. The SMILES string of the molecule is O=S1(=O)n2c(nc3ccccc32)N(c2ccc(-c3cccc4c3oc3ccccc34)cc2)c2nc3c4ccccc4c4ccccc4c3n21. The van der Waals surface area contributed by atoms with Gasteiger partial charge in [-0.1, -0.05) is 109 Å². The van der Waals surface area contributed by atoms with Crippen molar-refractivity contribution in [2.45, 2.75) is 0 Å². The molecule has 4 heterocycles. The number of hydrogen-bond acceptors (Lipinski definition) is 6. The number of anilines is 3. The van der Waals surface area contributed by atoms with E-state index in [1.807, 2.05) is 114 Å². The summed E-state index contributed by atoms with van der Waals surface area (Å²) in [5.74, 6) is 0.510. The topological polar surface area (TPSA) is 86.2 Å². The molecule has 7 aromatic carbocycles. The van der Waals surface area contributed by atoms with Gasteiger partial charge in [-0.15, -0.1) is 0 Å². The van der Waals surface area contributed by atoms with Crippen LogP contribution >= 0.6 is 0 Å². The number of hydrogen-bond donors (Lipinski definition) is 0. The minimum absolute atomic E-state index is 0.254. The lowest BCUT2D eigenvalue weighted by molar-refractivity contribution is 0.578. The number of imidazole rings is 2. The zero-order chi connectivity index (χ0) is 32.4. The van der Waals surface area contributed by atoms with Crippen molar-refractivity contribution in [3.63, 3.8) is 0 Å². The highest BCUT2D eigenvalue weighted by Crippen LogP contribution is 2.46. The van der Waals surface area contributed by atoms with Crippen LogP contribution in [0.1, 0.15) is 0 Å². The Hall–Kier alpha value is -6.45. The van der Waals surface area contributed by atoms with Crippen molar-refractivity contribution in [2.24, 2.45) is 0 Å². The first-order valence-corrected chi connectivity index (χ1v) is 17.3. The van der Waals surface area contributed by atoms with Gasteiger partial charge in [-0.25, -0.2) is 14.9 Å². The van der Waals surface area contributed by atoms with E-state index in [0.29, 0.717) is 22.1 Å². The predicted octanol–water partition coefficient (Wildman–Crippen LogP) is 9.68. The van der Waals surface area contributed by atoms with Crippen molar-refractivity contribution in [3.8, 4) is 11.1 Å². The highest BCUT2D eigenvalue weighted by Gasteiger charge is 2.40. The average Bonchev–Trinajstić information content (AvgIpc) is 3.85. The molecule has 0 spiro atoms. The third kappa shape index (κ3) is 3.44. The van der Waals surface area contributed by atoms with Crippen molar-refractivity contribution in [1.82, 2.24) is 17.9 Å². The number of furan rings is 1. The van der Waals surface area contributed by atoms with Crippen LogP contribution < -0.4 is 4.90 Å². The van der Waals surface area contributed by atoms with Gasteiger partial charge in [-0.3, -0.25) is 0 Å². The fraction of sp³-hybridized carbons (Fsp3) is 0. The highest BCUT2D eigenvalue weighted by molar-refractivity contribution is 7.89. The summed E-state index contributed by atoms with van der Waals surface area (Å²) in [6.07, 6.45) is 0. The summed E-state index contributed by atoms with van der Waals surface area (Å²) in [6.45, 7) is 0. The Kier molecular flexibility index (Phi) is 5.07. The first-order chi connectivity index (χ1) is 24.1. The fourth-order valence-electron chi connectivity index (χ4n) is 7.55. The fourth-order valence-corrected chi connectivity index (χ4v) is 9.19. The van der Waals surface area contributed by atoms with E-state index in [1.54, 1.807) is 6.07 Å². The molecule has 0 bridgehead atoms. The molecule has 3 aromatic heterocycles. The standard InChI is InChI=1S/C40H23N5O3S/c46-49(47)44-34-18-7-6-17-33(34)41-39(44)43(40-42-36-30-13-3-1-10-27(30)28-11-2-4-14-31(28)37(36)45(40)49)25-22-20-24(21-23-25)26-15-9-16-32-29-12-5-8-19-35(29)48-38(26)32/h1-23H. The van der Waals surface area contributed by atoms with Gasteiger partial charge in [0.05, 0.1) is 22.2 Å². The van der Waals surface area contributed by atoms with E-state index in [4.69, 9.17) is 14.4 Å². The minimum Gasteiger partial charge on any atom is -0.455 e. The van der Waals surface area contributed by atoms with Crippen LogP contribution in [0.2, 0.25) is 0 Å². The molecular formula is C40H23N5O3S. The first-order valence-electron chi connectivity index (χ1n) is 15.9. The van der Waals surface area contributed by atoms with Crippen molar-refractivity contribution in [1.29, 1.82) is 0 Å². The molecule has 0 saturated carbocycles. The van der Waals surface area contributed by atoms with Gasteiger partial charge < -0.3 is 4.42 Å². The molecule has 0 amide bonds. The van der Waals surface area contributed by atoms with E-state index in [2.05, 4.69) is 24.3 Å². The second-order valence-electron chi connectivity index (χ2n) is 12.3. The summed E-state index contributed by atoms with van der Waals surface area (Å²) in [7, 11) is -4.20. The third-order valence-electron chi connectivity index (χ3n) is 9.68. The lowest BCUT2D eigenvalue weighted by atomic mass is 10.0. The second-order valence-corrected chi connectivity index (χ2v) is 13.9. The van der Waals surface area contributed by atoms with E-state index in [-0.39, 0.29) is 11.9 Å².